The Bertz CT molecular complexity index is 1720. The molecule has 0 fully saturated rings. The average Bonchev–Trinajstić information content (AvgIpc) is 2.75. The summed E-state index contributed by atoms with van der Waals surface area (Å²) in [6, 6.07) is 12.8. The van der Waals surface area contributed by atoms with Crippen LogP contribution in [0.4, 0.5) is 0 Å². The summed E-state index contributed by atoms with van der Waals surface area (Å²) in [5, 5.41) is 14.1. The highest BCUT2D eigenvalue weighted by Gasteiger charge is 2.28. The SMILES string of the molecule is Sc1c(S)c2c(S)c(S)c3c(Cl)c(Cl)c4ccc5ccc6ccc1c1c6c5c4c3c21. The normalized spacial score (nSPS) is 13.0. The first-order chi connectivity index (χ1) is 14.4. The van der Waals surface area contributed by atoms with Gasteiger partial charge in [-0.2, -0.15) is 0 Å². The minimum atomic E-state index is 0.510. The summed E-state index contributed by atoms with van der Waals surface area (Å²) in [4.78, 5) is 3.09. The number of thiol groups is 4. The van der Waals surface area contributed by atoms with Crippen LogP contribution in [-0.4, -0.2) is 0 Å². The average molecular weight is 498 g/mol. The molecule has 0 amide bonds. The van der Waals surface area contributed by atoms with E-state index in [1.54, 1.807) is 0 Å². The lowest BCUT2D eigenvalue weighted by molar-refractivity contribution is 1.30. The van der Waals surface area contributed by atoms with Gasteiger partial charge in [0.1, 0.15) is 0 Å². The first kappa shape index (κ1) is 18.4. The molecule has 0 saturated carbocycles. The smallest absolute Gasteiger partial charge is 0.0689 e. The molecule has 144 valence electrons. The highest BCUT2D eigenvalue weighted by atomic mass is 35.5. The molecular weight excluding hydrogens is 487 g/mol. The van der Waals surface area contributed by atoms with Gasteiger partial charge in [0.15, 0.2) is 0 Å². The van der Waals surface area contributed by atoms with Gasteiger partial charge in [0.25, 0.3) is 0 Å². The molecule has 0 aliphatic carbocycles. The fourth-order valence-corrected chi connectivity index (χ4v) is 7.28. The number of hydrogen-bond acceptors (Lipinski definition) is 4. The first-order valence-corrected chi connectivity index (χ1v) is 11.8. The molecule has 0 aliphatic heterocycles. The van der Waals surface area contributed by atoms with Crippen LogP contribution in [0.2, 0.25) is 10.0 Å². The van der Waals surface area contributed by atoms with Gasteiger partial charge >= 0.3 is 0 Å². The number of rotatable bonds is 0. The lowest BCUT2D eigenvalue weighted by Crippen LogP contribution is -1.97. The van der Waals surface area contributed by atoms with Crippen molar-refractivity contribution in [2.24, 2.45) is 0 Å². The summed E-state index contributed by atoms with van der Waals surface area (Å²) in [6.07, 6.45) is 0. The van der Waals surface area contributed by atoms with Crippen molar-refractivity contribution >= 4 is 138 Å². The van der Waals surface area contributed by atoms with E-state index in [1.165, 1.54) is 26.9 Å². The Hall–Kier alpha value is -1.14. The molecule has 0 N–H and O–H groups in total. The van der Waals surface area contributed by atoms with Crippen LogP contribution in [0, 0.1) is 0 Å². The highest BCUT2D eigenvalue weighted by Crippen LogP contribution is 2.56. The van der Waals surface area contributed by atoms with Crippen LogP contribution in [0.1, 0.15) is 0 Å². The lowest BCUT2D eigenvalue weighted by atomic mass is 9.82. The molecule has 30 heavy (non-hydrogen) atoms. The van der Waals surface area contributed by atoms with Gasteiger partial charge in [-0.25, -0.2) is 0 Å². The maximum absolute atomic E-state index is 6.84. The topological polar surface area (TPSA) is 0 Å². The fourth-order valence-electron chi connectivity index (χ4n) is 5.27. The van der Waals surface area contributed by atoms with Gasteiger partial charge in [-0.05, 0) is 32.3 Å². The van der Waals surface area contributed by atoms with E-state index in [2.05, 4.69) is 36.4 Å². The third-order valence-electron chi connectivity index (χ3n) is 6.48. The second-order valence-corrected chi connectivity index (χ2v) is 10.3. The number of benzene rings is 7. The van der Waals surface area contributed by atoms with E-state index < -0.39 is 0 Å². The largest absolute Gasteiger partial charge is 0.142 e. The van der Waals surface area contributed by atoms with Crippen molar-refractivity contribution in [2.75, 3.05) is 0 Å². The van der Waals surface area contributed by atoms with Crippen LogP contribution in [0.15, 0.2) is 56.0 Å². The summed E-state index contributed by atoms with van der Waals surface area (Å²) in [5.41, 5.74) is 0. The number of halogens is 2. The molecule has 0 spiro atoms. The molecular formula is C24H10Cl2S4. The molecule has 0 bridgehead atoms. The Labute approximate surface area is 203 Å². The molecule has 0 unspecified atom stereocenters. The predicted molar refractivity (Wildman–Crippen MR) is 144 cm³/mol. The van der Waals surface area contributed by atoms with Crippen molar-refractivity contribution in [1.29, 1.82) is 0 Å². The molecule has 7 aromatic carbocycles. The standard InChI is InChI=1S/C24H10Cl2S4/c25-19-9-5-3-7-1-2-8-4-6-10-14-12(8)11(7)13(9)15-16(14)18(23(29)21(10)27)24(30)22(28)17(15)20(19)26/h1-6,27-30H. The molecule has 7 aromatic rings. The van der Waals surface area contributed by atoms with Gasteiger partial charge in [0.05, 0.1) is 10.0 Å². The van der Waals surface area contributed by atoms with Crippen LogP contribution >= 0.6 is 73.7 Å². The third-order valence-corrected chi connectivity index (χ3v) is 9.51. The van der Waals surface area contributed by atoms with E-state index >= 15 is 0 Å². The van der Waals surface area contributed by atoms with Crippen molar-refractivity contribution in [3.63, 3.8) is 0 Å². The predicted octanol–water partition coefficient (Wildman–Crippen LogP) is 9.38. The quantitative estimate of drug-likeness (QED) is 0.0896. The van der Waals surface area contributed by atoms with Gasteiger partial charge in [-0.1, -0.05) is 59.6 Å². The summed E-state index contributed by atoms with van der Waals surface area (Å²) in [6.45, 7) is 0. The van der Waals surface area contributed by atoms with Crippen LogP contribution in [0.25, 0.3) is 64.6 Å². The molecule has 0 radical (unpaired) electrons. The fraction of sp³-hybridized carbons (Fsp3) is 0. The van der Waals surface area contributed by atoms with Crippen LogP contribution in [-0.2, 0) is 0 Å². The molecule has 0 heterocycles. The Balaban J connectivity index is 2.10. The molecule has 7 rings (SSSR count). The Morgan fingerprint density at radius 3 is 1.53 bits per heavy atom. The molecule has 6 heteroatoms. The second-order valence-electron chi connectivity index (χ2n) is 7.76. The zero-order valence-corrected chi connectivity index (χ0v) is 20.1. The Morgan fingerprint density at radius 1 is 0.400 bits per heavy atom. The van der Waals surface area contributed by atoms with Gasteiger partial charge < -0.3 is 0 Å². The van der Waals surface area contributed by atoms with Crippen LogP contribution in [0.3, 0.4) is 0 Å². The Morgan fingerprint density at radius 2 is 0.867 bits per heavy atom. The maximum atomic E-state index is 6.84. The van der Waals surface area contributed by atoms with Gasteiger partial charge in [-0.15, -0.1) is 50.5 Å². The molecule has 0 atom stereocenters. The van der Waals surface area contributed by atoms with Gasteiger partial charge in [0.2, 0.25) is 0 Å². The minimum Gasteiger partial charge on any atom is -0.142 e. The van der Waals surface area contributed by atoms with E-state index in [0.717, 1.165) is 52.4 Å². The zero-order chi connectivity index (χ0) is 20.6. The lowest BCUT2D eigenvalue weighted by Gasteiger charge is -2.25. The first-order valence-electron chi connectivity index (χ1n) is 9.25. The highest BCUT2D eigenvalue weighted by molar-refractivity contribution is 7.84. The summed E-state index contributed by atoms with van der Waals surface area (Å²) >= 11 is 33.1. The van der Waals surface area contributed by atoms with Crippen molar-refractivity contribution in [3.8, 4) is 0 Å². The molecule has 0 aliphatic rings. The summed E-state index contributed by atoms with van der Waals surface area (Å²) in [5.74, 6) is 0. The van der Waals surface area contributed by atoms with Crippen molar-refractivity contribution in [1.82, 2.24) is 0 Å². The van der Waals surface area contributed by atoms with Crippen LogP contribution in [0.5, 0.6) is 0 Å². The monoisotopic (exact) mass is 496 g/mol. The Kier molecular flexibility index (Phi) is 3.56. The van der Waals surface area contributed by atoms with Gasteiger partial charge in [0, 0.05) is 51.9 Å². The summed E-state index contributed by atoms with van der Waals surface area (Å²) in [7, 11) is 0. The summed E-state index contributed by atoms with van der Waals surface area (Å²) < 4.78 is 0. The van der Waals surface area contributed by atoms with E-state index in [0.29, 0.717) is 14.9 Å². The molecule has 0 saturated heterocycles. The minimum absolute atomic E-state index is 0.510. The van der Waals surface area contributed by atoms with E-state index in [9.17, 15) is 0 Å². The molecule has 0 nitrogen and oxygen atoms in total. The van der Waals surface area contributed by atoms with Crippen molar-refractivity contribution in [2.45, 2.75) is 19.6 Å². The second kappa shape index (κ2) is 5.80. The van der Waals surface area contributed by atoms with E-state index in [4.69, 9.17) is 73.7 Å². The van der Waals surface area contributed by atoms with Crippen molar-refractivity contribution in [3.05, 3.63) is 46.4 Å². The van der Waals surface area contributed by atoms with Gasteiger partial charge in [-0.3, -0.25) is 0 Å². The zero-order valence-electron chi connectivity index (χ0n) is 15.0. The van der Waals surface area contributed by atoms with Crippen LogP contribution < -0.4 is 0 Å². The van der Waals surface area contributed by atoms with Crippen molar-refractivity contribution < 1.29 is 0 Å². The van der Waals surface area contributed by atoms with E-state index in [-0.39, 0.29) is 0 Å². The maximum Gasteiger partial charge on any atom is 0.0689 e. The number of hydrogen-bond donors (Lipinski definition) is 4. The third kappa shape index (κ3) is 1.88. The molecule has 0 aromatic heterocycles. The van der Waals surface area contributed by atoms with E-state index in [1.807, 2.05) is 0 Å².